The van der Waals surface area contributed by atoms with Crippen LogP contribution in [0.25, 0.3) is 0 Å². The van der Waals surface area contributed by atoms with Gasteiger partial charge in [-0.1, -0.05) is 24.3 Å². The summed E-state index contributed by atoms with van der Waals surface area (Å²) in [5.74, 6) is -2.42. The highest BCUT2D eigenvalue weighted by molar-refractivity contribution is 6.24. The van der Waals surface area contributed by atoms with Gasteiger partial charge >= 0.3 is 5.97 Å². The highest BCUT2D eigenvalue weighted by Gasteiger charge is 2.48. The lowest BCUT2D eigenvalue weighted by atomic mass is 9.85. The fourth-order valence-corrected chi connectivity index (χ4v) is 3.15. The number of anilines is 1. The van der Waals surface area contributed by atoms with Gasteiger partial charge in [-0.05, 0) is 31.4 Å². The molecule has 2 atom stereocenters. The molecule has 5 nitrogen and oxygen atoms in total. The molecule has 0 radical (unpaired) electrons. The van der Waals surface area contributed by atoms with Crippen LogP contribution in [0.1, 0.15) is 28.8 Å². The van der Waals surface area contributed by atoms with Crippen LogP contribution in [0.5, 0.6) is 0 Å². The number of imide groups is 1. The second-order valence-electron chi connectivity index (χ2n) is 5.44. The lowest BCUT2D eigenvalue weighted by Crippen LogP contribution is -2.32. The first-order valence-corrected chi connectivity index (χ1v) is 6.88. The van der Waals surface area contributed by atoms with Crippen LogP contribution in [0, 0.1) is 18.8 Å². The number of hydrogen-bond acceptors (Lipinski definition) is 3. The molecule has 21 heavy (non-hydrogen) atoms. The maximum atomic E-state index is 12.5. The van der Waals surface area contributed by atoms with E-state index in [0.29, 0.717) is 18.4 Å². The molecule has 1 aliphatic heterocycles. The molecule has 1 aromatic carbocycles. The van der Waals surface area contributed by atoms with Crippen molar-refractivity contribution in [2.75, 3.05) is 4.90 Å². The van der Waals surface area contributed by atoms with Crippen molar-refractivity contribution < 1.29 is 19.5 Å². The molecule has 1 N–H and O–H groups in total. The zero-order valence-electron chi connectivity index (χ0n) is 11.6. The molecule has 5 heteroatoms. The van der Waals surface area contributed by atoms with Gasteiger partial charge in [-0.15, -0.1) is 0 Å². The minimum Gasteiger partial charge on any atom is -0.478 e. The fourth-order valence-electron chi connectivity index (χ4n) is 3.15. The molecule has 0 saturated carbocycles. The smallest absolute Gasteiger partial charge is 0.338 e. The van der Waals surface area contributed by atoms with Crippen LogP contribution in [0.4, 0.5) is 5.69 Å². The Morgan fingerprint density at radius 3 is 2.24 bits per heavy atom. The molecular weight excluding hydrogens is 270 g/mol. The number of amides is 2. The molecule has 1 aromatic rings. The summed E-state index contributed by atoms with van der Waals surface area (Å²) in [7, 11) is 0. The van der Waals surface area contributed by atoms with E-state index < -0.39 is 5.97 Å². The topological polar surface area (TPSA) is 74.7 Å². The zero-order valence-corrected chi connectivity index (χ0v) is 11.6. The van der Waals surface area contributed by atoms with Crippen molar-refractivity contribution in [2.45, 2.75) is 19.8 Å². The summed E-state index contributed by atoms with van der Waals surface area (Å²) in [6.45, 7) is 1.66. The molecule has 0 unspecified atom stereocenters. The first kappa shape index (κ1) is 13.5. The monoisotopic (exact) mass is 285 g/mol. The van der Waals surface area contributed by atoms with E-state index in [9.17, 15) is 19.5 Å². The molecule has 0 bridgehead atoms. The van der Waals surface area contributed by atoms with Gasteiger partial charge in [0.05, 0.1) is 23.1 Å². The van der Waals surface area contributed by atoms with Crippen LogP contribution in [0.2, 0.25) is 0 Å². The molecule has 1 heterocycles. The lowest BCUT2D eigenvalue weighted by Gasteiger charge is -2.18. The number of nitrogens with zero attached hydrogens (tertiary/aromatic N) is 1. The largest absolute Gasteiger partial charge is 0.478 e. The number of hydrogen-bond donors (Lipinski definition) is 1. The molecule has 1 aliphatic carbocycles. The van der Waals surface area contributed by atoms with Gasteiger partial charge in [-0.2, -0.15) is 0 Å². The molecule has 2 amide bonds. The van der Waals surface area contributed by atoms with Crippen molar-refractivity contribution >= 4 is 23.5 Å². The first-order valence-electron chi connectivity index (χ1n) is 6.88. The van der Waals surface area contributed by atoms with E-state index >= 15 is 0 Å². The Kier molecular flexibility index (Phi) is 3.12. The van der Waals surface area contributed by atoms with Crippen molar-refractivity contribution in [3.8, 4) is 0 Å². The van der Waals surface area contributed by atoms with Crippen LogP contribution >= 0.6 is 0 Å². The Morgan fingerprint density at radius 2 is 1.71 bits per heavy atom. The maximum Gasteiger partial charge on any atom is 0.338 e. The number of carboxylic acids is 1. The van der Waals surface area contributed by atoms with Gasteiger partial charge in [0, 0.05) is 0 Å². The number of fused-ring (bicyclic) bond motifs is 1. The number of aromatic carboxylic acids is 1. The van der Waals surface area contributed by atoms with Gasteiger partial charge in [0.15, 0.2) is 0 Å². The molecule has 1 fully saturated rings. The Bertz CT molecular complexity index is 651. The summed E-state index contributed by atoms with van der Waals surface area (Å²) < 4.78 is 0. The second kappa shape index (κ2) is 4.84. The zero-order chi connectivity index (χ0) is 15.1. The number of allylic oxidation sites excluding steroid dienone is 2. The Balaban J connectivity index is 2.10. The van der Waals surface area contributed by atoms with Crippen molar-refractivity contribution in [2.24, 2.45) is 11.8 Å². The van der Waals surface area contributed by atoms with E-state index in [1.807, 2.05) is 12.2 Å². The van der Waals surface area contributed by atoms with Crippen molar-refractivity contribution in [3.05, 3.63) is 41.5 Å². The van der Waals surface area contributed by atoms with Gasteiger partial charge < -0.3 is 5.11 Å². The van der Waals surface area contributed by atoms with E-state index in [2.05, 4.69) is 0 Å². The Labute approximate surface area is 121 Å². The normalized spacial score (nSPS) is 24.3. The summed E-state index contributed by atoms with van der Waals surface area (Å²) in [6, 6.07) is 4.85. The highest BCUT2D eigenvalue weighted by Crippen LogP contribution is 2.39. The van der Waals surface area contributed by atoms with E-state index in [1.165, 1.54) is 6.07 Å². The van der Waals surface area contributed by atoms with Gasteiger partial charge in [-0.3, -0.25) is 9.59 Å². The van der Waals surface area contributed by atoms with Gasteiger partial charge in [0.1, 0.15) is 0 Å². The predicted molar refractivity (Wildman–Crippen MR) is 76.0 cm³/mol. The van der Waals surface area contributed by atoms with Crippen molar-refractivity contribution in [3.63, 3.8) is 0 Å². The molecule has 0 spiro atoms. The van der Waals surface area contributed by atoms with E-state index in [4.69, 9.17) is 0 Å². The molecule has 108 valence electrons. The number of carboxylic acid groups (broad SMARTS) is 1. The molecular formula is C16H15NO4. The summed E-state index contributed by atoms with van der Waals surface area (Å²) in [5.41, 5.74) is 0.742. The van der Waals surface area contributed by atoms with E-state index in [-0.39, 0.29) is 34.9 Å². The average molecular weight is 285 g/mol. The average Bonchev–Trinajstić information content (AvgIpc) is 2.71. The second-order valence-corrected chi connectivity index (χ2v) is 5.44. The van der Waals surface area contributed by atoms with Crippen LogP contribution in [0.3, 0.4) is 0 Å². The molecule has 3 rings (SSSR count). The van der Waals surface area contributed by atoms with Crippen LogP contribution in [-0.4, -0.2) is 22.9 Å². The van der Waals surface area contributed by atoms with Crippen LogP contribution < -0.4 is 4.90 Å². The third-order valence-corrected chi connectivity index (χ3v) is 4.21. The van der Waals surface area contributed by atoms with Crippen LogP contribution in [0.15, 0.2) is 30.4 Å². The number of rotatable bonds is 2. The third-order valence-electron chi connectivity index (χ3n) is 4.21. The maximum absolute atomic E-state index is 12.5. The standard InChI is InChI=1S/C16H15NO4/c1-9-5-4-8-12(13(9)16(20)21)17-14(18)10-6-2-3-7-11(10)15(17)19/h2-5,8,10-11H,6-7H2,1H3,(H,20,21)/t10-,11+. The SMILES string of the molecule is Cc1cccc(N2C(=O)[C@H]3CC=CC[C@H]3C2=O)c1C(=O)O. The third kappa shape index (κ3) is 1.96. The highest BCUT2D eigenvalue weighted by atomic mass is 16.4. The van der Waals surface area contributed by atoms with E-state index in [1.54, 1.807) is 19.1 Å². The summed E-state index contributed by atoms with van der Waals surface area (Å²) in [5, 5.41) is 9.38. The molecule has 1 saturated heterocycles. The number of carbonyl (C=O) groups is 3. The lowest BCUT2D eigenvalue weighted by molar-refractivity contribution is -0.122. The molecule has 2 aliphatic rings. The summed E-state index contributed by atoms with van der Waals surface area (Å²) >= 11 is 0. The predicted octanol–water partition coefficient (Wildman–Crippen LogP) is 2.15. The van der Waals surface area contributed by atoms with Crippen molar-refractivity contribution in [1.29, 1.82) is 0 Å². The first-order chi connectivity index (χ1) is 10.0. The number of benzene rings is 1. The Morgan fingerprint density at radius 1 is 1.14 bits per heavy atom. The number of carbonyl (C=O) groups excluding carboxylic acids is 2. The van der Waals surface area contributed by atoms with Gasteiger partial charge in [0.25, 0.3) is 0 Å². The van der Waals surface area contributed by atoms with Crippen LogP contribution in [-0.2, 0) is 9.59 Å². The van der Waals surface area contributed by atoms with E-state index in [0.717, 1.165) is 4.90 Å². The number of aryl methyl sites for hydroxylation is 1. The van der Waals surface area contributed by atoms with Gasteiger partial charge in [0.2, 0.25) is 11.8 Å². The van der Waals surface area contributed by atoms with Gasteiger partial charge in [-0.25, -0.2) is 9.69 Å². The minimum atomic E-state index is -1.13. The summed E-state index contributed by atoms with van der Waals surface area (Å²) in [4.78, 5) is 37.6. The Hall–Kier alpha value is -2.43. The molecule has 0 aromatic heterocycles. The van der Waals surface area contributed by atoms with Crippen molar-refractivity contribution in [1.82, 2.24) is 0 Å². The quantitative estimate of drug-likeness (QED) is 0.667. The minimum absolute atomic E-state index is 0.0193. The summed E-state index contributed by atoms with van der Waals surface area (Å²) in [6.07, 6.45) is 4.90. The fraction of sp³-hybridized carbons (Fsp3) is 0.312.